The molecule has 2 rings (SSSR count). The maximum atomic E-state index is 12.1. The zero-order valence-electron chi connectivity index (χ0n) is 11.6. The molecule has 7 nitrogen and oxygen atoms in total. The van der Waals surface area contributed by atoms with Crippen molar-refractivity contribution >= 4 is 17.8 Å². The topological polar surface area (TPSA) is 86.6 Å². The molecule has 0 unspecified atom stereocenters. The Balaban J connectivity index is 2.56. The summed E-state index contributed by atoms with van der Waals surface area (Å²) in [5, 5.41) is 0. The van der Waals surface area contributed by atoms with Crippen molar-refractivity contribution in [3.63, 3.8) is 0 Å². The zero-order valence-corrected chi connectivity index (χ0v) is 11.6. The van der Waals surface area contributed by atoms with Crippen LogP contribution in [0.2, 0.25) is 0 Å². The van der Waals surface area contributed by atoms with Gasteiger partial charge >= 0.3 is 11.9 Å². The smallest absolute Gasteiger partial charge is 0.340 e. The molecule has 20 heavy (non-hydrogen) atoms. The maximum absolute atomic E-state index is 12.1. The first-order chi connectivity index (χ1) is 9.51. The minimum Gasteiger partial charge on any atom is -0.462 e. The summed E-state index contributed by atoms with van der Waals surface area (Å²) in [5.41, 5.74) is 3.75. The molecule has 108 valence electrons. The fourth-order valence-electron chi connectivity index (χ4n) is 2.26. The zero-order chi connectivity index (χ0) is 14.9. The Morgan fingerprint density at radius 3 is 2.25 bits per heavy atom. The van der Waals surface area contributed by atoms with E-state index in [2.05, 4.69) is 5.43 Å². The minimum atomic E-state index is -0.621. The minimum absolute atomic E-state index is 0.0361. The first-order valence-electron chi connectivity index (χ1n) is 6.39. The van der Waals surface area contributed by atoms with E-state index in [-0.39, 0.29) is 36.7 Å². The number of ether oxygens (including phenoxy) is 2. The second kappa shape index (κ2) is 5.36. The Morgan fingerprint density at radius 2 is 1.70 bits per heavy atom. The van der Waals surface area contributed by atoms with Gasteiger partial charge in [0.05, 0.1) is 42.1 Å². The van der Waals surface area contributed by atoms with Crippen LogP contribution in [-0.4, -0.2) is 35.7 Å². The number of rotatable bonds is 4. The van der Waals surface area contributed by atoms with Crippen LogP contribution in [-0.2, 0) is 20.7 Å². The predicted octanol–water partition coefficient (Wildman–Crippen LogP) is 0.776. The summed E-state index contributed by atoms with van der Waals surface area (Å²) in [5.74, 6) is -1.45. The number of fused-ring (bicyclic) bond motifs is 1. The lowest BCUT2D eigenvalue weighted by molar-refractivity contribution is -0.115. The third-order valence-corrected chi connectivity index (χ3v) is 3.03. The van der Waals surface area contributed by atoms with Gasteiger partial charge in [0.2, 0.25) is 5.91 Å². The summed E-state index contributed by atoms with van der Waals surface area (Å²) in [6.45, 7) is 5.39. The molecule has 0 saturated heterocycles. The number of hydrogen-bond acceptors (Lipinski definition) is 5. The van der Waals surface area contributed by atoms with Crippen LogP contribution in [0, 0.1) is 6.92 Å². The van der Waals surface area contributed by atoms with E-state index in [4.69, 9.17) is 9.47 Å². The van der Waals surface area contributed by atoms with Gasteiger partial charge in [-0.15, -0.1) is 0 Å². The highest BCUT2D eigenvalue weighted by molar-refractivity contribution is 6.07. The van der Waals surface area contributed by atoms with Crippen LogP contribution in [0.5, 0.6) is 0 Å². The highest BCUT2D eigenvalue weighted by Crippen LogP contribution is 2.27. The van der Waals surface area contributed by atoms with Gasteiger partial charge in [-0.25, -0.2) is 9.59 Å². The summed E-state index contributed by atoms with van der Waals surface area (Å²) < 4.78 is 11.4. The molecule has 2 heterocycles. The van der Waals surface area contributed by atoms with Crippen molar-refractivity contribution < 1.29 is 23.9 Å². The molecular formula is C13H16N2O5. The molecule has 0 aromatic carbocycles. The number of esters is 2. The number of nitrogens with one attached hydrogen (secondary N) is 1. The van der Waals surface area contributed by atoms with Crippen LogP contribution in [0.25, 0.3) is 0 Å². The molecule has 0 aliphatic carbocycles. The van der Waals surface area contributed by atoms with E-state index in [1.165, 1.54) is 4.68 Å². The fourth-order valence-corrected chi connectivity index (χ4v) is 2.26. The third kappa shape index (κ3) is 2.15. The SMILES string of the molecule is CCOC(=O)c1c(C(=O)OCC)c2n(c1C)NC(=O)C2. The fraction of sp³-hybridized carbons (Fsp3) is 0.462. The average Bonchev–Trinajstić information content (AvgIpc) is 2.87. The van der Waals surface area contributed by atoms with Gasteiger partial charge in [-0.1, -0.05) is 0 Å². The van der Waals surface area contributed by atoms with Crippen molar-refractivity contribution in [1.82, 2.24) is 4.68 Å². The van der Waals surface area contributed by atoms with Gasteiger partial charge < -0.3 is 9.47 Å². The van der Waals surface area contributed by atoms with E-state index in [9.17, 15) is 14.4 Å². The van der Waals surface area contributed by atoms with Gasteiger partial charge in [-0.3, -0.25) is 14.9 Å². The van der Waals surface area contributed by atoms with Crippen molar-refractivity contribution in [3.8, 4) is 0 Å². The molecule has 0 fully saturated rings. The lowest BCUT2D eigenvalue weighted by Gasteiger charge is -2.06. The molecular weight excluding hydrogens is 264 g/mol. The molecule has 1 amide bonds. The van der Waals surface area contributed by atoms with Crippen LogP contribution in [0.1, 0.15) is 46.0 Å². The van der Waals surface area contributed by atoms with Crippen LogP contribution < -0.4 is 5.43 Å². The molecule has 1 aromatic rings. The van der Waals surface area contributed by atoms with Crippen molar-refractivity contribution in [2.75, 3.05) is 18.6 Å². The molecule has 0 spiro atoms. The summed E-state index contributed by atoms with van der Waals surface area (Å²) >= 11 is 0. The molecule has 1 aliphatic rings. The van der Waals surface area contributed by atoms with Crippen molar-refractivity contribution in [1.29, 1.82) is 0 Å². The Bertz CT molecular complexity index is 588. The third-order valence-electron chi connectivity index (χ3n) is 3.03. The van der Waals surface area contributed by atoms with Crippen LogP contribution in [0.4, 0.5) is 0 Å². The highest BCUT2D eigenvalue weighted by Gasteiger charge is 2.35. The summed E-state index contributed by atoms with van der Waals surface area (Å²) in [6.07, 6.45) is 0.0361. The molecule has 1 aromatic heterocycles. The highest BCUT2D eigenvalue weighted by atomic mass is 16.5. The van der Waals surface area contributed by atoms with Gasteiger partial charge in [0.25, 0.3) is 0 Å². The van der Waals surface area contributed by atoms with Gasteiger partial charge in [-0.2, -0.15) is 0 Å². The van der Waals surface area contributed by atoms with E-state index in [0.717, 1.165) is 0 Å². The van der Waals surface area contributed by atoms with Gasteiger partial charge in [0, 0.05) is 0 Å². The molecule has 0 atom stereocenters. The van der Waals surface area contributed by atoms with E-state index in [1.807, 2.05) is 0 Å². The largest absolute Gasteiger partial charge is 0.462 e. The molecule has 0 saturated carbocycles. The number of nitrogens with zero attached hydrogens (tertiary/aromatic N) is 1. The first-order valence-corrected chi connectivity index (χ1v) is 6.39. The van der Waals surface area contributed by atoms with E-state index < -0.39 is 11.9 Å². The monoisotopic (exact) mass is 280 g/mol. The average molecular weight is 280 g/mol. The second-order valence-electron chi connectivity index (χ2n) is 4.27. The molecule has 1 N–H and O–H groups in total. The lowest BCUT2D eigenvalue weighted by Crippen LogP contribution is -2.18. The van der Waals surface area contributed by atoms with Crippen LogP contribution in [0.15, 0.2) is 0 Å². The summed E-state index contributed by atoms with van der Waals surface area (Å²) in [7, 11) is 0. The lowest BCUT2D eigenvalue weighted by atomic mass is 10.1. The van der Waals surface area contributed by atoms with E-state index in [1.54, 1.807) is 20.8 Å². The van der Waals surface area contributed by atoms with E-state index in [0.29, 0.717) is 11.4 Å². The van der Waals surface area contributed by atoms with E-state index >= 15 is 0 Å². The number of carbonyl (C=O) groups is 3. The van der Waals surface area contributed by atoms with Crippen molar-refractivity contribution in [2.24, 2.45) is 0 Å². The maximum Gasteiger partial charge on any atom is 0.340 e. The number of carbonyl (C=O) groups excluding carboxylic acids is 3. The molecule has 0 bridgehead atoms. The number of hydrogen-bond donors (Lipinski definition) is 1. The Morgan fingerprint density at radius 1 is 1.15 bits per heavy atom. The number of amides is 1. The second-order valence-corrected chi connectivity index (χ2v) is 4.27. The number of aromatic nitrogens is 1. The predicted molar refractivity (Wildman–Crippen MR) is 69.2 cm³/mol. The Kier molecular flexibility index (Phi) is 3.78. The van der Waals surface area contributed by atoms with Crippen molar-refractivity contribution in [2.45, 2.75) is 27.2 Å². The van der Waals surface area contributed by atoms with Crippen LogP contribution >= 0.6 is 0 Å². The summed E-state index contributed by atoms with van der Waals surface area (Å²) in [4.78, 5) is 35.6. The standard InChI is InChI=1S/C13H16N2O5/c1-4-19-12(17)10-7(3)15-8(6-9(16)14-15)11(10)13(18)20-5-2/h4-6H2,1-3H3,(H,14,16). The Labute approximate surface area is 115 Å². The molecule has 1 aliphatic heterocycles. The van der Waals surface area contributed by atoms with Crippen molar-refractivity contribution in [3.05, 3.63) is 22.5 Å². The summed E-state index contributed by atoms with van der Waals surface area (Å²) in [6, 6.07) is 0. The molecule has 0 radical (unpaired) electrons. The quantitative estimate of drug-likeness (QED) is 0.823. The normalized spacial score (nSPS) is 12.8. The molecule has 7 heteroatoms. The first kappa shape index (κ1) is 14.1. The Hall–Kier alpha value is -2.31. The van der Waals surface area contributed by atoms with Gasteiger partial charge in [0.1, 0.15) is 0 Å². The van der Waals surface area contributed by atoms with Gasteiger partial charge in [0.15, 0.2) is 0 Å². The van der Waals surface area contributed by atoms with Crippen LogP contribution in [0.3, 0.4) is 0 Å². The van der Waals surface area contributed by atoms with Gasteiger partial charge in [-0.05, 0) is 20.8 Å².